The Bertz CT molecular complexity index is 966. The lowest BCUT2D eigenvalue weighted by molar-refractivity contribution is 0.103. The second-order valence-electron chi connectivity index (χ2n) is 6.59. The zero-order valence-electron chi connectivity index (χ0n) is 14.5. The molecule has 5 nitrogen and oxygen atoms in total. The van der Waals surface area contributed by atoms with Crippen LogP contribution in [0, 0.1) is 18.3 Å². The van der Waals surface area contributed by atoms with E-state index in [1.807, 2.05) is 6.07 Å². The van der Waals surface area contributed by atoms with E-state index in [9.17, 15) is 20.0 Å². The standard InChI is InChI=1S/C20H19ClN2O3/c1-12-15(11-22)19(25)23(13-7-3-2-4-8-13)20(26)17(12)18(24)14-9-5-6-10-16(14)21/h5-6,9-10,13,26H,2-4,7-8H2,1H3. The summed E-state index contributed by atoms with van der Waals surface area (Å²) in [6.45, 7) is 1.51. The fourth-order valence-electron chi connectivity index (χ4n) is 3.65. The molecule has 26 heavy (non-hydrogen) atoms. The van der Waals surface area contributed by atoms with Crippen molar-refractivity contribution < 1.29 is 9.90 Å². The van der Waals surface area contributed by atoms with Crippen molar-refractivity contribution >= 4 is 17.4 Å². The average Bonchev–Trinajstić information content (AvgIpc) is 2.63. The van der Waals surface area contributed by atoms with Crippen LogP contribution < -0.4 is 5.56 Å². The SMILES string of the molecule is Cc1c(C(=O)c2ccccc2Cl)c(O)n(C2CCCCC2)c(=O)c1C#N. The van der Waals surface area contributed by atoms with Crippen molar-refractivity contribution in [2.45, 2.75) is 45.1 Å². The van der Waals surface area contributed by atoms with Crippen LogP contribution in [0.4, 0.5) is 0 Å². The van der Waals surface area contributed by atoms with Crippen molar-refractivity contribution in [3.63, 3.8) is 0 Å². The Labute approximate surface area is 156 Å². The van der Waals surface area contributed by atoms with Crippen LogP contribution in [-0.4, -0.2) is 15.5 Å². The third-order valence-electron chi connectivity index (χ3n) is 5.03. The lowest BCUT2D eigenvalue weighted by atomic mass is 9.93. The third-order valence-corrected chi connectivity index (χ3v) is 5.36. The van der Waals surface area contributed by atoms with Crippen LogP contribution in [0.5, 0.6) is 5.88 Å². The van der Waals surface area contributed by atoms with E-state index >= 15 is 0 Å². The summed E-state index contributed by atoms with van der Waals surface area (Å²) in [4.78, 5) is 25.8. The molecule has 0 unspecified atom stereocenters. The topological polar surface area (TPSA) is 83.1 Å². The van der Waals surface area contributed by atoms with Crippen molar-refractivity contribution in [3.05, 3.63) is 61.9 Å². The maximum atomic E-state index is 13.1. The number of rotatable bonds is 3. The molecular weight excluding hydrogens is 352 g/mol. The highest BCUT2D eigenvalue weighted by molar-refractivity contribution is 6.35. The highest BCUT2D eigenvalue weighted by atomic mass is 35.5. The smallest absolute Gasteiger partial charge is 0.271 e. The Morgan fingerprint density at radius 3 is 2.54 bits per heavy atom. The predicted molar refractivity (Wildman–Crippen MR) is 98.8 cm³/mol. The van der Waals surface area contributed by atoms with Gasteiger partial charge in [0, 0.05) is 11.6 Å². The van der Waals surface area contributed by atoms with Gasteiger partial charge >= 0.3 is 0 Å². The molecule has 0 saturated heterocycles. The maximum absolute atomic E-state index is 13.1. The molecule has 3 rings (SSSR count). The van der Waals surface area contributed by atoms with E-state index in [1.165, 1.54) is 11.5 Å². The molecule has 1 aliphatic rings. The second kappa shape index (κ2) is 7.35. The molecule has 1 N–H and O–H groups in total. The minimum atomic E-state index is -0.537. The fraction of sp³-hybridized carbons (Fsp3) is 0.350. The molecular formula is C20H19ClN2O3. The summed E-state index contributed by atoms with van der Waals surface area (Å²) < 4.78 is 1.23. The first-order valence-electron chi connectivity index (χ1n) is 8.64. The van der Waals surface area contributed by atoms with Gasteiger partial charge in [0.15, 0.2) is 5.78 Å². The Morgan fingerprint density at radius 1 is 1.27 bits per heavy atom. The highest BCUT2D eigenvalue weighted by Gasteiger charge is 2.29. The van der Waals surface area contributed by atoms with E-state index in [4.69, 9.17) is 11.6 Å². The zero-order chi connectivity index (χ0) is 18.8. The zero-order valence-corrected chi connectivity index (χ0v) is 15.2. The van der Waals surface area contributed by atoms with Gasteiger partial charge in [-0.1, -0.05) is 43.0 Å². The average molecular weight is 371 g/mol. The molecule has 0 spiro atoms. The van der Waals surface area contributed by atoms with Gasteiger partial charge < -0.3 is 5.11 Å². The molecule has 2 aromatic rings. The van der Waals surface area contributed by atoms with Gasteiger partial charge in [0.25, 0.3) is 5.56 Å². The lowest BCUT2D eigenvalue weighted by Crippen LogP contribution is -2.31. The Balaban J connectivity index is 2.25. The largest absolute Gasteiger partial charge is 0.494 e. The Kier molecular flexibility index (Phi) is 5.15. The number of aromatic hydroxyl groups is 1. The molecule has 0 amide bonds. The summed E-state index contributed by atoms with van der Waals surface area (Å²) in [5, 5.41) is 20.6. The normalized spacial score (nSPS) is 14.8. The van der Waals surface area contributed by atoms with Gasteiger partial charge in [-0.05, 0) is 37.5 Å². The summed E-state index contributed by atoms with van der Waals surface area (Å²) in [5.41, 5.74) is -0.258. The van der Waals surface area contributed by atoms with Crippen molar-refractivity contribution in [2.24, 2.45) is 0 Å². The molecule has 1 aromatic carbocycles. The highest BCUT2D eigenvalue weighted by Crippen LogP contribution is 2.34. The first-order valence-corrected chi connectivity index (χ1v) is 9.02. The molecule has 1 aromatic heterocycles. The molecule has 0 atom stereocenters. The number of halogens is 1. The van der Waals surface area contributed by atoms with Crippen LogP contribution in [0.1, 0.15) is 65.2 Å². The van der Waals surface area contributed by atoms with E-state index in [1.54, 1.807) is 24.3 Å². The van der Waals surface area contributed by atoms with E-state index in [0.29, 0.717) is 0 Å². The first kappa shape index (κ1) is 18.2. The van der Waals surface area contributed by atoms with Crippen LogP contribution >= 0.6 is 11.6 Å². The number of carbonyl (C=O) groups excluding carboxylic acids is 1. The predicted octanol–water partition coefficient (Wildman–Crippen LogP) is 4.12. The molecule has 6 heteroatoms. The Morgan fingerprint density at radius 2 is 1.92 bits per heavy atom. The van der Waals surface area contributed by atoms with Crippen molar-refractivity contribution in [2.75, 3.05) is 0 Å². The first-order chi connectivity index (χ1) is 12.5. The molecule has 0 bridgehead atoms. The number of hydrogen-bond acceptors (Lipinski definition) is 4. The molecule has 1 aliphatic carbocycles. The van der Waals surface area contributed by atoms with Gasteiger partial charge in [0.2, 0.25) is 5.88 Å². The lowest BCUT2D eigenvalue weighted by Gasteiger charge is -2.26. The van der Waals surface area contributed by atoms with Crippen LogP contribution in [0.3, 0.4) is 0 Å². The molecule has 0 radical (unpaired) electrons. The third kappa shape index (κ3) is 3.02. The second-order valence-corrected chi connectivity index (χ2v) is 6.99. The van der Waals surface area contributed by atoms with E-state index in [0.717, 1.165) is 32.1 Å². The van der Waals surface area contributed by atoms with Crippen LogP contribution in [0.25, 0.3) is 0 Å². The van der Waals surface area contributed by atoms with Crippen molar-refractivity contribution in [3.8, 4) is 11.9 Å². The van der Waals surface area contributed by atoms with Crippen LogP contribution in [0.2, 0.25) is 5.02 Å². The minimum absolute atomic E-state index is 0.0279. The van der Waals surface area contributed by atoms with Crippen LogP contribution in [0.15, 0.2) is 29.1 Å². The number of pyridine rings is 1. The summed E-state index contributed by atoms with van der Waals surface area (Å²) >= 11 is 6.13. The molecule has 1 heterocycles. The molecule has 1 fully saturated rings. The number of aromatic nitrogens is 1. The quantitative estimate of drug-likeness (QED) is 0.823. The fourth-order valence-corrected chi connectivity index (χ4v) is 3.87. The van der Waals surface area contributed by atoms with Crippen molar-refractivity contribution in [1.82, 2.24) is 4.57 Å². The van der Waals surface area contributed by atoms with Gasteiger partial charge in [-0.3, -0.25) is 14.2 Å². The summed E-state index contributed by atoms with van der Waals surface area (Å²) in [7, 11) is 0. The monoisotopic (exact) mass is 370 g/mol. The maximum Gasteiger partial charge on any atom is 0.271 e. The van der Waals surface area contributed by atoms with Crippen LogP contribution in [-0.2, 0) is 0 Å². The van der Waals surface area contributed by atoms with E-state index < -0.39 is 11.3 Å². The van der Waals surface area contributed by atoms with Gasteiger partial charge in [0.1, 0.15) is 11.6 Å². The van der Waals surface area contributed by atoms with Gasteiger partial charge in [-0.15, -0.1) is 0 Å². The Hall–Kier alpha value is -2.58. The summed E-state index contributed by atoms with van der Waals surface area (Å²) in [6.07, 6.45) is 4.44. The number of nitrogens with zero attached hydrogens (tertiary/aromatic N) is 2. The number of ketones is 1. The number of nitriles is 1. The molecule has 0 aliphatic heterocycles. The van der Waals surface area contributed by atoms with E-state index in [-0.39, 0.29) is 39.2 Å². The van der Waals surface area contributed by atoms with Gasteiger partial charge in [0.05, 0.1) is 10.6 Å². The number of hydrogen-bond donors (Lipinski definition) is 1. The van der Waals surface area contributed by atoms with Gasteiger partial charge in [-0.2, -0.15) is 5.26 Å². The number of benzene rings is 1. The van der Waals surface area contributed by atoms with Gasteiger partial charge in [-0.25, -0.2) is 0 Å². The molecule has 134 valence electrons. The van der Waals surface area contributed by atoms with E-state index in [2.05, 4.69) is 0 Å². The molecule has 1 saturated carbocycles. The minimum Gasteiger partial charge on any atom is -0.494 e. The van der Waals surface area contributed by atoms with Crippen molar-refractivity contribution in [1.29, 1.82) is 5.26 Å². The number of carbonyl (C=O) groups is 1. The summed E-state index contributed by atoms with van der Waals surface area (Å²) in [5.74, 6) is -0.866. The summed E-state index contributed by atoms with van der Waals surface area (Å²) in [6, 6.07) is 8.22.